The second kappa shape index (κ2) is 4.85. The summed E-state index contributed by atoms with van der Waals surface area (Å²) in [6.07, 6.45) is 0. The first-order valence-electron chi connectivity index (χ1n) is 5.93. The summed E-state index contributed by atoms with van der Waals surface area (Å²) in [4.78, 5) is 14.7. The third-order valence-electron chi connectivity index (χ3n) is 3.14. The van der Waals surface area contributed by atoms with E-state index in [9.17, 15) is 4.79 Å². The Morgan fingerprint density at radius 3 is 2.30 bits per heavy atom. The number of carbonyl (C=O) groups excluding carboxylic acids is 1. The third kappa shape index (κ3) is 2.15. The summed E-state index contributed by atoms with van der Waals surface area (Å²) in [5, 5.41) is 2.09. The van der Waals surface area contributed by atoms with Crippen LogP contribution in [0, 0.1) is 0 Å². The van der Waals surface area contributed by atoms with E-state index in [1.54, 1.807) is 18.2 Å². The number of carbonyl (C=O) groups is 1. The predicted octanol–water partition coefficient (Wildman–Crippen LogP) is 4.24. The Hall–Kier alpha value is -1.97. The minimum Gasteiger partial charge on any atom is -0.364 e. The summed E-state index contributed by atoms with van der Waals surface area (Å²) >= 11 is 11.9. The van der Waals surface area contributed by atoms with Crippen molar-refractivity contribution in [1.29, 1.82) is 0 Å². The van der Waals surface area contributed by atoms with Crippen molar-refractivity contribution in [1.82, 2.24) is 4.98 Å². The number of H-pyrrole nitrogens is 1. The van der Waals surface area contributed by atoms with Crippen LogP contribution in [0.3, 0.4) is 0 Å². The number of amides is 1. The number of hydrogen-bond acceptors (Lipinski definition) is 1. The molecule has 3 N–H and O–H groups in total. The van der Waals surface area contributed by atoms with Crippen molar-refractivity contribution in [3.8, 4) is 11.1 Å². The number of benzene rings is 2. The van der Waals surface area contributed by atoms with E-state index < -0.39 is 5.91 Å². The zero-order valence-corrected chi connectivity index (χ0v) is 11.8. The van der Waals surface area contributed by atoms with E-state index in [1.807, 2.05) is 24.3 Å². The molecule has 2 aromatic carbocycles. The molecule has 3 aromatic rings. The Bertz CT molecular complexity index is 807. The molecule has 0 saturated heterocycles. The molecule has 1 aromatic heterocycles. The number of hydrogen-bond donors (Lipinski definition) is 2. The maximum absolute atomic E-state index is 11.6. The van der Waals surface area contributed by atoms with E-state index >= 15 is 0 Å². The highest BCUT2D eigenvalue weighted by Gasteiger charge is 2.17. The molecule has 0 bridgehead atoms. The Morgan fingerprint density at radius 1 is 1.00 bits per heavy atom. The Labute approximate surface area is 125 Å². The third-order valence-corrected chi connectivity index (χ3v) is 3.63. The summed E-state index contributed by atoms with van der Waals surface area (Å²) in [5.74, 6) is -0.512. The molecule has 3 nitrogen and oxygen atoms in total. The second-order valence-electron chi connectivity index (χ2n) is 4.44. The number of fused-ring (bicyclic) bond motifs is 1. The molecule has 20 heavy (non-hydrogen) atoms. The first-order chi connectivity index (χ1) is 9.56. The normalized spacial score (nSPS) is 10.9. The van der Waals surface area contributed by atoms with Gasteiger partial charge in [-0.25, -0.2) is 0 Å². The molecule has 0 aliphatic rings. The van der Waals surface area contributed by atoms with Crippen LogP contribution in [0.15, 0.2) is 42.5 Å². The van der Waals surface area contributed by atoms with Gasteiger partial charge in [0.25, 0.3) is 5.91 Å². The standard InChI is InChI=1S/C15H10Cl2N2O/c16-9-3-1-8(2-4-9)13-11-7-10(17)5-6-12(11)19-14(13)15(18)20/h1-7,19H,(H2,18,20). The van der Waals surface area contributed by atoms with Crippen LogP contribution in [0.4, 0.5) is 0 Å². The van der Waals surface area contributed by atoms with Gasteiger partial charge in [0.1, 0.15) is 5.69 Å². The van der Waals surface area contributed by atoms with Gasteiger partial charge in [-0.15, -0.1) is 0 Å². The predicted molar refractivity (Wildman–Crippen MR) is 82.3 cm³/mol. The average molecular weight is 305 g/mol. The van der Waals surface area contributed by atoms with Gasteiger partial charge in [0.05, 0.1) is 0 Å². The number of nitrogens with two attached hydrogens (primary N) is 1. The number of rotatable bonds is 2. The van der Waals surface area contributed by atoms with Crippen molar-refractivity contribution in [2.45, 2.75) is 0 Å². The van der Waals surface area contributed by atoms with Gasteiger partial charge < -0.3 is 10.7 Å². The highest BCUT2D eigenvalue weighted by molar-refractivity contribution is 6.32. The molecule has 1 amide bonds. The summed E-state index contributed by atoms with van der Waals surface area (Å²) in [6.45, 7) is 0. The zero-order valence-electron chi connectivity index (χ0n) is 10.3. The molecule has 0 aliphatic heterocycles. The number of aromatic amines is 1. The van der Waals surface area contributed by atoms with Crippen LogP contribution in [-0.4, -0.2) is 10.9 Å². The molecule has 0 aliphatic carbocycles. The van der Waals surface area contributed by atoms with Crippen LogP contribution in [0.2, 0.25) is 10.0 Å². The smallest absolute Gasteiger partial charge is 0.265 e. The summed E-state index contributed by atoms with van der Waals surface area (Å²) in [7, 11) is 0. The summed E-state index contributed by atoms with van der Waals surface area (Å²) < 4.78 is 0. The lowest BCUT2D eigenvalue weighted by Crippen LogP contribution is -2.12. The number of halogens is 2. The van der Waals surface area contributed by atoms with Crippen LogP contribution in [-0.2, 0) is 0 Å². The highest BCUT2D eigenvalue weighted by Crippen LogP contribution is 2.34. The van der Waals surface area contributed by atoms with Gasteiger partial charge in [-0.05, 0) is 35.9 Å². The lowest BCUT2D eigenvalue weighted by molar-refractivity contribution is 0.0997. The van der Waals surface area contributed by atoms with Crippen molar-refractivity contribution in [2.75, 3.05) is 0 Å². The second-order valence-corrected chi connectivity index (χ2v) is 5.31. The van der Waals surface area contributed by atoms with Crippen LogP contribution in [0.25, 0.3) is 22.0 Å². The maximum Gasteiger partial charge on any atom is 0.265 e. The zero-order chi connectivity index (χ0) is 14.3. The van der Waals surface area contributed by atoms with Crippen LogP contribution in [0.5, 0.6) is 0 Å². The molecule has 0 radical (unpaired) electrons. The Kier molecular flexibility index (Phi) is 3.16. The van der Waals surface area contributed by atoms with Crippen molar-refractivity contribution in [3.05, 3.63) is 58.2 Å². The molecule has 100 valence electrons. The van der Waals surface area contributed by atoms with Crippen molar-refractivity contribution >= 4 is 40.0 Å². The molecular formula is C15H10Cl2N2O. The van der Waals surface area contributed by atoms with Gasteiger partial charge >= 0.3 is 0 Å². The minimum atomic E-state index is -0.512. The Balaban J connectivity index is 2.36. The van der Waals surface area contributed by atoms with Gasteiger partial charge in [-0.1, -0.05) is 35.3 Å². The van der Waals surface area contributed by atoms with E-state index in [0.717, 1.165) is 22.0 Å². The molecule has 0 saturated carbocycles. The lowest BCUT2D eigenvalue weighted by Gasteiger charge is -2.03. The average Bonchev–Trinajstić information content (AvgIpc) is 2.78. The van der Waals surface area contributed by atoms with Gasteiger partial charge in [0, 0.05) is 26.5 Å². The first-order valence-corrected chi connectivity index (χ1v) is 6.69. The summed E-state index contributed by atoms with van der Waals surface area (Å²) in [6, 6.07) is 12.6. The summed E-state index contributed by atoms with van der Waals surface area (Å²) in [5.41, 5.74) is 8.23. The Morgan fingerprint density at radius 2 is 1.65 bits per heavy atom. The van der Waals surface area contributed by atoms with E-state index in [1.165, 1.54) is 0 Å². The molecule has 0 fully saturated rings. The number of nitrogens with one attached hydrogen (secondary N) is 1. The number of primary amides is 1. The van der Waals surface area contributed by atoms with Crippen molar-refractivity contribution in [2.24, 2.45) is 5.73 Å². The fraction of sp³-hybridized carbons (Fsp3) is 0. The lowest BCUT2D eigenvalue weighted by atomic mass is 10.0. The molecule has 5 heteroatoms. The SMILES string of the molecule is NC(=O)c1[nH]c2ccc(Cl)cc2c1-c1ccc(Cl)cc1. The van der Waals surface area contributed by atoms with E-state index in [4.69, 9.17) is 28.9 Å². The number of aromatic nitrogens is 1. The van der Waals surface area contributed by atoms with Gasteiger partial charge in [-0.2, -0.15) is 0 Å². The van der Waals surface area contributed by atoms with E-state index in [2.05, 4.69) is 4.98 Å². The van der Waals surface area contributed by atoms with Crippen LogP contribution in [0.1, 0.15) is 10.5 Å². The highest BCUT2D eigenvalue weighted by atomic mass is 35.5. The molecule has 0 spiro atoms. The van der Waals surface area contributed by atoms with Crippen molar-refractivity contribution < 1.29 is 4.79 Å². The monoisotopic (exact) mass is 304 g/mol. The molecule has 3 rings (SSSR count). The van der Waals surface area contributed by atoms with Gasteiger partial charge in [0.15, 0.2) is 0 Å². The topological polar surface area (TPSA) is 58.9 Å². The minimum absolute atomic E-state index is 0.365. The molecular weight excluding hydrogens is 295 g/mol. The van der Waals surface area contributed by atoms with E-state index in [-0.39, 0.29) is 0 Å². The van der Waals surface area contributed by atoms with Crippen molar-refractivity contribution in [3.63, 3.8) is 0 Å². The maximum atomic E-state index is 11.6. The van der Waals surface area contributed by atoms with Gasteiger partial charge in [-0.3, -0.25) is 4.79 Å². The molecule has 1 heterocycles. The first kappa shape index (κ1) is 13.0. The quantitative estimate of drug-likeness (QED) is 0.731. The molecule has 0 unspecified atom stereocenters. The van der Waals surface area contributed by atoms with Crippen LogP contribution < -0.4 is 5.73 Å². The fourth-order valence-electron chi connectivity index (χ4n) is 2.27. The molecule has 0 atom stereocenters. The van der Waals surface area contributed by atoms with Crippen LogP contribution >= 0.6 is 23.2 Å². The van der Waals surface area contributed by atoms with Gasteiger partial charge in [0.2, 0.25) is 0 Å². The largest absolute Gasteiger partial charge is 0.364 e. The van der Waals surface area contributed by atoms with E-state index in [0.29, 0.717) is 15.7 Å². The fourth-order valence-corrected chi connectivity index (χ4v) is 2.56.